The zero-order valence-electron chi connectivity index (χ0n) is 11.7. The van der Waals surface area contributed by atoms with Gasteiger partial charge in [-0.1, -0.05) is 20.8 Å². The predicted molar refractivity (Wildman–Crippen MR) is 68.8 cm³/mol. The Kier molecular flexibility index (Phi) is 4.42. The van der Waals surface area contributed by atoms with Crippen LogP contribution in [0.3, 0.4) is 0 Å². The first-order chi connectivity index (χ1) is 7.71. The third kappa shape index (κ3) is 4.54. The Labute approximate surface area is 104 Å². The van der Waals surface area contributed by atoms with Crippen LogP contribution in [0.4, 0.5) is 4.79 Å². The standard InChI is InChI=1S/C13H26N2O2/c1-9(13(2,3)4)14-12(17)15(5)8-11(16)10-6-7-10/h9-11,16H,6-8H2,1-5H3,(H,14,17). The van der Waals surface area contributed by atoms with Crippen molar-refractivity contribution in [3.8, 4) is 0 Å². The van der Waals surface area contributed by atoms with Gasteiger partial charge in [0.1, 0.15) is 0 Å². The topological polar surface area (TPSA) is 52.6 Å². The van der Waals surface area contributed by atoms with Crippen molar-refractivity contribution in [1.29, 1.82) is 0 Å². The van der Waals surface area contributed by atoms with Gasteiger partial charge in [-0.05, 0) is 31.1 Å². The number of rotatable bonds is 4. The highest BCUT2D eigenvalue weighted by atomic mass is 16.3. The number of carbonyl (C=O) groups excluding carboxylic acids is 1. The number of aliphatic hydroxyl groups is 1. The summed E-state index contributed by atoms with van der Waals surface area (Å²) in [6.45, 7) is 8.71. The van der Waals surface area contributed by atoms with Crippen LogP contribution < -0.4 is 5.32 Å². The molecule has 1 fully saturated rings. The maximum absolute atomic E-state index is 11.9. The summed E-state index contributed by atoms with van der Waals surface area (Å²) in [7, 11) is 1.73. The highest BCUT2D eigenvalue weighted by molar-refractivity contribution is 5.74. The van der Waals surface area contributed by atoms with E-state index in [1.807, 2.05) is 6.92 Å². The Hall–Kier alpha value is -0.770. The number of carbonyl (C=O) groups is 1. The third-order valence-corrected chi connectivity index (χ3v) is 3.61. The SMILES string of the molecule is CC(NC(=O)N(C)CC(O)C1CC1)C(C)(C)C. The zero-order valence-corrected chi connectivity index (χ0v) is 11.7. The van der Waals surface area contributed by atoms with Crippen molar-refractivity contribution >= 4 is 6.03 Å². The van der Waals surface area contributed by atoms with Gasteiger partial charge in [-0.25, -0.2) is 4.79 Å². The molecule has 1 rings (SSSR count). The average Bonchev–Trinajstić information content (AvgIpc) is 2.98. The first-order valence-electron chi connectivity index (χ1n) is 6.41. The van der Waals surface area contributed by atoms with Crippen molar-refractivity contribution in [3.05, 3.63) is 0 Å². The summed E-state index contributed by atoms with van der Waals surface area (Å²) >= 11 is 0. The largest absolute Gasteiger partial charge is 0.391 e. The van der Waals surface area contributed by atoms with Crippen LogP contribution in [0, 0.1) is 11.3 Å². The van der Waals surface area contributed by atoms with Crippen LogP contribution in [0.15, 0.2) is 0 Å². The lowest BCUT2D eigenvalue weighted by Crippen LogP contribution is -2.48. The summed E-state index contributed by atoms with van der Waals surface area (Å²) < 4.78 is 0. The molecule has 0 spiro atoms. The van der Waals surface area contributed by atoms with E-state index in [0.717, 1.165) is 12.8 Å². The van der Waals surface area contributed by atoms with Crippen molar-refractivity contribution in [3.63, 3.8) is 0 Å². The second-order valence-corrected chi connectivity index (χ2v) is 6.32. The van der Waals surface area contributed by atoms with Crippen molar-refractivity contribution < 1.29 is 9.90 Å². The first-order valence-corrected chi connectivity index (χ1v) is 6.41. The molecule has 0 aromatic rings. The summed E-state index contributed by atoms with van der Waals surface area (Å²) in [6.07, 6.45) is 1.82. The van der Waals surface area contributed by atoms with Crippen molar-refractivity contribution in [2.24, 2.45) is 11.3 Å². The quantitative estimate of drug-likeness (QED) is 0.790. The third-order valence-electron chi connectivity index (χ3n) is 3.61. The summed E-state index contributed by atoms with van der Waals surface area (Å²) in [5, 5.41) is 12.7. The van der Waals surface area contributed by atoms with Gasteiger partial charge in [-0.3, -0.25) is 0 Å². The van der Waals surface area contributed by atoms with E-state index < -0.39 is 0 Å². The van der Waals surface area contributed by atoms with Gasteiger partial charge in [0.2, 0.25) is 0 Å². The predicted octanol–water partition coefficient (Wildman–Crippen LogP) is 1.83. The molecular weight excluding hydrogens is 216 g/mol. The van der Waals surface area contributed by atoms with Gasteiger partial charge in [0.15, 0.2) is 0 Å². The minimum atomic E-state index is -0.365. The zero-order chi connectivity index (χ0) is 13.2. The number of urea groups is 1. The van der Waals surface area contributed by atoms with E-state index in [2.05, 4.69) is 26.1 Å². The van der Waals surface area contributed by atoms with Crippen LogP contribution in [0.5, 0.6) is 0 Å². The van der Waals surface area contributed by atoms with E-state index in [4.69, 9.17) is 0 Å². The maximum Gasteiger partial charge on any atom is 0.317 e. The molecule has 0 aromatic carbocycles. The molecule has 0 aliphatic heterocycles. The average molecular weight is 242 g/mol. The summed E-state index contributed by atoms with van der Waals surface area (Å²) in [6, 6.07) is 0.00245. The van der Waals surface area contributed by atoms with Crippen LogP contribution in [-0.4, -0.2) is 41.8 Å². The van der Waals surface area contributed by atoms with Crippen LogP contribution in [0.1, 0.15) is 40.5 Å². The lowest BCUT2D eigenvalue weighted by Gasteiger charge is -2.30. The number of aliphatic hydroxyl groups excluding tert-OH is 1. The minimum absolute atomic E-state index is 0.0472. The van der Waals surface area contributed by atoms with Gasteiger partial charge < -0.3 is 15.3 Å². The molecule has 1 saturated carbocycles. The fraction of sp³-hybridized carbons (Fsp3) is 0.923. The summed E-state index contributed by atoms with van der Waals surface area (Å²) in [4.78, 5) is 13.5. The van der Waals surface area contributed by atoms with Gasteiger partial charge in [-0.15, -0.1) is 0 Å². The normalized spacial score (nSPS) is 19.6. The van der Waals surface area contributed by atoms with E-state index >= 15 is 0 Å². The van der Waals surface area contributed by atoms with Gasteiger partial charge in [0.05, 0.1) is 6.10 Å². The van der Waals surface area contributed by atoms with E-state index in [1.165, 1.54) is 0 Å². The molecule has 1 aliphatic rings. The Morgan fingerprint density at radius 2 is 2.00 bits per heavy atom. The monoisotopic (exact) mass is 242 g/mol. The highest BCUT2D eigenvalue weighted by Crippen LogP contribution is 2.32. The van der Waals surface area contributed by atoms with Gasteiger partial charge in [0.25, 0.3) is 0 Å². The Morgan fingerprint density at radius 3 is 2.41 bits per heavy atom. The van der Waals surface area contributed by atoms with E-state index in [0.29, 0.717) is 12.5 Å². The van der Waals surface area contributed by atoms with E-state index in [-0.39, 0.29) is 23.6 Å². The molecule has 0 bridgehead atoms. The van der Waals surface area contributed by atoms with Crippen molar-refractivity contribution in [1.82, 2.24) is 10.2 Å². The smallest absolute Gasteiger partial charge is 0.317 e. The number of nitrogens with one attached hydrogen (secondary N) is 1. The van der Waals surface area contributed by atoms with E-state index in [1.54, 1.807) is 11.9 Å². The molecule has 0 aromatic heterocycles. The van der Waals surface area contributed by atoms with Gasteiger partial charge >= 0.3 is 6.03 Å². The molecule has 4 heteroatoms. The summed E-state index contributed by atoms with van der Waals surface area (Å²) in [5.41, 5.74) is 0.0472. The Bertz CT molecular complexity index is 269. The molecule has 1 aliphatic carbocycles. The van der Waals surface area contributed by atoms with Gasteiger partial charge in [-0.2, -0.15) is 0 Å². The van der Waals surface area contributed by atoms with Crippen LogP contribution in [0.2, 0.25) is 0 Å². The highest BCUT2D eigenvalue weighted by Gasteiger charge is 2.31. The Balaban J connectivity index is 2.35. The molecule has 2 amide bonds. The van der Waals surface area contributed by atoms with Crippen molar-refractivity contribution in [2.45, 2.75) is 52.7 Å². The lowest BCUT2D eigenvalue weighted by molar-refractivity contribution is 0.111. The maximum atomic E-state index is 11.9. The fourth-order valence-electron chi connectivity index (χ4n) is 1.51. The number of hydrogen-bond acceptors (Lipinski definition) is 2. The molecule has 0 heterocycles. The Morgan fingerprint density at radius 1 is 1.47 bits per heavy atom. The molecule has 2 unspecified atom stereocenters. The number of likely N-dealkylation sites (N-methyl/N-ethyl adjacent to an activating group) is 1. The van der Waals surface area contributed by atoms with Crippen LogP contribution >= 0.6 is 0 Å². The molecule has 2 atom stereocenters. The fourth-order valence-corrected chi connectivity index (χ4v) is 1.51. The summed E-state index contributed by atoms with van der Waals surface area (Å²) in [5.74, 6) is 0.408. The lowest BCUT2D eigenvalue weighted by atomic mass is 9.88. The molecule has 100 valence electrons. The number of amides is 2. The molecule has 17 heavy (non-hydrogen) atoms. The van der Waals surface area contributed by atoms with Gasteiger partial charge in [0, 0.05) is 19.6 Å². The minimum Gasteiger partial charge on any atom is -0.391 e. The molecular formula is C13H26N2O2. The molecule has 0 radical (unpaired) electrons. The molecule has 0 saturated heterocycles. The second kappa shape index (κ2) is 5.25. The van der Waals surface area contributed by atoms with Crippen LogP contribution in [0.25, 0.3) is 0 Å². The number of hydrogen-bond donors (Lipinski definition) is 2. The van der Waals surface area contributed by atoms with Crippen LogP contribution in [-0.2, 0) is 0 Å². The first kappa shape index (κ1) is 14.3. The number of nitrogens with zero attached hydrogens (tertiary/aromatic N) is 1. The second-order valence-electron chi connectivity index (χ2n) is 6.32. The molecule has 4 nitrogen and oxygen atoms in total. The van der Waals surface area contributed by atoms with E-state index in [9.17, 15) is 9.90 Å². The van der Waals surface area contributed by atoms with Crippen molar-refractivity contribution in [2.75, 3.05) is 13.6 Å². The molecule has 2 N–H and O–H groups in total.